The average Bonchev–Trinajstić information content (AvgIpc) is 2.59. The van der Waals surface area contributed by atoms with Gasteiger partial charge in [0.05, 0.1) is 11.9 Å². The second-order valence-electron chi connectivity index (χ2n) is 1.90. The van der Waals surface area contributed by atoms with Crippen LogP contribution in [0.15, 0.2) is 23.7 Å². The predicted molar refractivity (Wildman–Crippen MR) is 40.7 cm³/mol. The molecule has 1 radical (unpaired) electrons. The molecule has 49 valence electrons. The molecule has 3 heteroatoms. The van der Waals surface area contributed by atoms with Crippen molar-refractivity contribution in [2.75, 3.05) is 0 Å². The summed E-state index contributed by atoms with van der Waals surface area (Å²) in [5, 5.41) is 1.95. The zero-order valence-corrected chi connectivity index (χ0v) is 5.98. The van der Waals surface area contributed by atoms with Gasteiger partial charge in [-0.1, -0.05) is 0 Å². The first-order chi connectivity index (χ1) is 4.97. The minimum atomic E-state index is 0.992. The highest BCUT2D eigenvalue weighted by Crippen LogP contribution is 2.15. The standard InChI is InChI=1S/C7H5N2S/c1-3-8-5-6(1)7-2-4-10-9-7/h1-4,8H. The summed E-state index contributed by atoms with van der Waals surface area (Å²) in [5.74, 6) is 0. The molecule has 0 aliphatic rings. The van der Waals surface area contributed by atoms with Crippen molar-refractivity contribution in [3.05, 3.63) is 29.9 Å². The fourth-order valence-electron chi connectivity index (χ4n) is 0.787. The molecule has 0 saturated carbocycles. The van der Waals surface area contributed by atoms with Gasteiger partial charge in [0.1, 0.15) is 0 Å². The first kappa shape index (κ1) is 5.68. The molecular formula is C7H5N2S. The largest absolute Gasteiger partial charge is 0.359 e. The number of hydrogen-bond acceptors (Lipinski definition) is 2. The van der Waals surface area contributed by atoms with E-state index in [0.717, 1.165) is 11.3 Å². The average molecular weight is 149 g/mol. The molecule has 1 N–H and O–H groups in total. The molecule has 2 rings (SSSR count). The first-order valence-electron chi connectivity index (χ1n) is 2.92. The van der Waals surface area contributed by atoms with Crippen molar-refractivity contribution in [3.63, 3.8) is 0 Å². The Kier molecular flexibility index (Phi) is 1.29. The third kappa shape index (κ3) is 0.844. The van der Waals surface area contributed by atoms with Crippen molar-refractivity contribution in [1.82, 2.24) is 9.36 Å². The second-order valence-corrected chi connectivity index (χ2v) is 2.57. The first-order valence-corrected chi connectivity index (χ1v) is 3.76. The van der Waals surface area contributed by atoms with Crippen LogP contribution >= 0.6 is 11.5 Å². The third-order valence-electron chi connectivity index (χ3n) is 1.25. The molecular weight excluding hydrogens is 144 g/mol. The van der Waals surface area contributed by atoms with Crippen LogP contribution in [0.25, 0.3) is 11.3 Å². The number of aromatic amines is 1. The van der Waals surface area contributed by atoms with Gasteiger partial charge in [0.2, 0.25) is 0 Å². The van der Waals surface area contributed by atoms with Gasteiger partial charge in [-0.05, 0) is 23.7 Å². The van der Waals surface area contributed by atoms with E-state index in [1.807, 2.05) is 23.7 Å². The number of nitrogens with zero attached hydrogens (tertiary/aromatic N) is 1. The molecule has 2 aromatic heterocycles. The molecule has 10 heavy (non-hydrogen) atoms. The van der Waals surface area contributed by atoms with Gasteiger partial charge >= 0.3 is 0 Å². The van der Waals surface area contributed by atoms with E-state index in [0.29, 0.717) is 0 Å². The van der Waals surface area contributed by atoms with Crippen LogP contribution in [-0.4, -0.2) is 9.36 Å². The SMILES string of the molecule is [c]1[nH]ccc1-c1ccsn1. The maximum Gasteiger partial charge on any atom is 0.0862 e. The molecule has 2 aromatic rings. The molecule has 2 nitrogen and oxygen atoms in total. The van der Waals surface area contributed by atoms with Crippen molar-refractivity contribution in [2.45, 2.75) is 0 Å². The summed E-state index contributed by atoms with van der Waals surface area (Å²) in [4.78, 5) is 2.86. The molecule has 2 heterocycles. The Labute approximate surface area is 62.7 Å². The molecule has 0 aliphatic heterocycles. The zero-order valence-electron chi connectivity index (χ0n) is 5.16. The van der Waals surface area contributed by atoms with E-state index in [4.69, 9.17) is 0 Å². The van der Waals surface area contributed by atoms with Crippen LogP contribution in [0.3, 0.4) is 0 Å². The molecule has 0 fully saturated rings. The Balaban J connectivity index is 2.48. The summed E-state index contributed by atoms with van der Waals surface area (Å²) in [6.45, 7) is 0. The fourth-order valence-corrected chi connectivity index (χ4v) is 1.31. The highest BCUT2D eigenvalue weighted by molar-refractivity contribution is 7.03. The third-order valence-corrected chi connectivity index (χ3v) is 1.81. The highest BCUT2D eigenvalue weighted by Gasteiger charge is 1.97. The van der Waals surface area contributed by atoms with Gasteiger partial charge < -0.3 is 4.98 Å². The monoisotopic (exact) mass is 149 g/mol. The van der Waals surface area contributed by atoms with Crippen LogP contribution in [0.2, 0.25) is 0 Å². The van der Waals surface area contributed by atoms with Gasteiger partial charge in [0.25, 0.3) is 0 Å². The Morgan fingerprint density at radius 1 is 1.50 bits per heavy atom. The lowest BCUT2D eigenvalue weighted by atomic mass is 10.2. The van der Waals surface area contributed by atoms with Gasteiger partial charge in [-0.3, -0.25) is 0 Å². The minimum absolute atomic E-state index is 0.992. The van der Waals surface area contributed by atoms with Gasteiger partial charge in [0.15, 0.2) is 0 Å². The quantitative estimate of drug-likeness (QED) is 0.659. The molecule has 0 spiro atoms. The van der Waals surface area contributed by atoms with Crippen molar-refractivity contribution in [3.8, 4) is 11.3 Å². The van der Waals surface area contributed by atoms with E-state index >= 15 is 0 Å². The van der Waals surface area contributed by atoms with Crippen molar-refractivity contribution in [1.29, 1.82) is 0 Å². The zero-order chi connectivity index (χ0) is 6.81. The van der Waals surface area contributed by atoms with Gasteiger partial charge in [-0.25, -0.2) is 0 Å². The van der Waals surface area contributed by atoms with Crippen LogP contribution in [-0.2, 0) is 0 Å². The van der Waals surface area contributed by atoms with Crippen molar-refractivity contribution in [2.24, 2.45) is 0 Å². The van der Waals surface area contributed by atoms with Crippen LogP contribution in [0.5, 0.6) is 0 Å². The van der Waals surface area contributed by atoms with E-state index in [1.54, 1.807) is 0 Å². The van der Waals surface area contributed by atoms with Crippen molar-refractivity contribution < 1.29 is 0 Å². The number of hydrogen-bond donors (Lipinski definition) is 1. The van der Waals surface area contributed by atoms with E-state index in [2.05, 4.69) is 15.6 Å². The van der Waals surface area contributed by atoms with Crippen LogP contribution in [0.4, 0.5) is 0 Å². The molecule has 0 atom stereocenters. The lowest BCUT2D eigenvalue weighted by Gasteiger charge is -1.82. The summed E-state index contributed by atoms with van der Waals surface area (Å²) in [6.07, 6.45) is 4.80. The maximum absolute atomic E-state index is 4.15. The Morgan fingerprint density at radius 3 is 3.10 bits per heavy atom. The van der Waals surface area contributed by atoms with Crippen LogP contribution < -0.4 is 0 Å². The second kappa shape index (κ2) is 2.27. The van der Waals surface area contributed by atoms with Gasteiger partial charge in [-0.2, -0.15) is 4.37 Å². The lowest BCUT2D eigenvalue weighted by molar-refractivity contribution is 1.39. The Morgan fingerprint density at radius 2 is 2.50 bits per heavy atom. The summed E-state index contributed by atoms with van der Waals surface area (Å²) in [7, 11) is 0. The van der Waals surface area contributed by atoms with Crippen molar-refractivity contribution >= 4 is 11.5 Å². The van der Waals surface area contributed by atoms with E-state index in [9.17, 15) is 0 Å². The summed E-state index contributed by atoms with van der Waals surface area (Å²) in [5.41, 5.74) is 2.02. The van der Waals surface area contributed by atoms with E-state index in [-0.39, 0.29) is 0 Å². The summed E-state index contributed by atoms with van der Waals surface area (Å²) >= 11 is 1.45. The molecule has 0 unspecified atom stereocenters. The molecule has 0 aliphatic carbocycles. The molecule has 0 amide bonds. The highest BCUT2D eigenvalue weighted by atomic mass is 32.1. The number of nitrogens with one attached hydrogen (secondary N) is 1. The number of aromatic nitrogens is 2. The minimum Gasteiger partial charge on any atom is -0.359 e. The Bertz CT molecular complexity index is 251. The molecule has 0 saturated heterocycles. The normalized spacial score (nSPS) is 10.0. The van der Waals surface area contributed by atoms with E-state index < -0.39 is 0 Å². The molecule has 0 bridgehead atoms. The maximum atomic E-state index is 4.15. The number of rotatable bonds is 1. The fraction of sp³-hybridized carbons (Fsp3) is 0. The number of H-pyrrole nitrogens is 1. The summed E-state index contributed by atoms with van der Waals surface area (Å²) < 4.78 is 4.15. The predicted octanol–water partition coefficient (Wildman–Crippen LogP) is 1.94. The van der Waals surface area contributed by atoms with Gasteiger partial charge in [-0.15, -0.1) is 0 Å². The lowest BCUT2D eigenvalue weighted by Crippen LogP contribution is -1.68. The topological polar surface area (TPSA) is 28.7 Å². The molecule has 0 aromatic carbocycles. The smallest absolute Gasteiger partial charge is 0.0862 e. The van der Waals surface area contributed by atoms with Crippen LogP contribution in [0.1, 0.15) is 0 Å². The van der Waals surface area contributed by atoms with Crippen LogP contribution in [0, 0.1) is 6.20 Å². The van der Waals surface area contributed by atoms with Gasteiger partial charge in [0, 0.05) is 17.1 Å². The Hall–Kier alpha value is -1.09. The summed E-state index contributed by atoms with van der Waals surface area (Å²) in [6, 6.07) is 3.93. The van der Waals surface area contributed by atoms with E-state index in [1.165, 1.54) is 11.5 Å².